The van der Waals surface area contributed by atoms with E-state index < -0.39 is 0 Å². The molecule has 0 bridgehead atoms. The fourth-order valence-corrected chi connectivity index (χ4v) is 1.75. The van der Waals surface area contributed by atoms with Gasteiger partial charge in [0.1, 0.15) is 0 Å². The van der Waals surface area contributed by atoms with Crippen molar-refractivity contribution in [1.29, 1.82) is 0 Å². The molecule has 0 amide bonds. The van der Waals surface area contributed by atoms with Crippen LogP contribution in [0.1, 0.15) is 11.3 Å². The highest BCUT2D eigenvalue weighted by atomic mass is 127. The molecule has 3 heteroatoms. The molecule has 0 unspecified atom stereocenters. The van der Waals surface area contributed by atoms with Crippen molar-refractivity contribution in [2.45, 2.75) is 13.8 Å². The number of halogens is 1. The van der Waals surface area contributed by atoms with Gasteiger partial charge >= 0.3 is 0 Å². The molecule has 0 aliphatic rings. The third-order valence-corrected chi connectivity index (χ3v) is 3.38. The van der Waals surface area contributed by atoms with Crippen LogP contribution < -0.4 is 0 Å². The van der Waals surface area contributed by atoms with Crippen molar-refractivity contribution in [3.8, 4) is 11.3 Å². The molecular weight excluding hydrogens is 289 g/mol. The second-order valence-electron chi connectivity index (χ2n) is 3.28. The highest BCUT2D eigenvalue weighted by Crippen LogP contribution is 2.27. The van der Waals surface area contributed by atoms with Crippen LogP contribution in [0, 0.1) is 17.4 Å². The molecule has 0 aliphatic heterocycles. The van der Waals surface area contributed by atoms with Crippen LogP contribution in [-0.2, 0) is 0 Å². The van der Waals surface area contributed by atoms with Gasteiger partial charge in [-0.3, -0.25) is 0 Å². The largest absolute Gasteiger partial charge is 0.355 e. The lowest BCUT2D eigenvalue weighted by molar-refractivity contribution is 0.427. The Morgan fingerprint density at radius 2 is 1.79 bits per heavy atom. The van der Waals surface area contributed by atoms with Gasteiger partial charge in [0, 0.05) is 5.56 Å². The first kappa shape index (κ1) is 9.71. The van der Waals surface area contributed by atoms with Crippen LogP contribution in [0.3, 0.4) is 0 Å². The molecule has 14 heavy (non-hydrogen) atoms. The number of nitrogens with zero attached hydrogens (tertiary/aromatic N) is 1. The molecule has 1 aromatic heterocycles. The van der Waals surface area contributed by atoms with Crippen molar-refractivity contribution in [1.82, 2.24) is 5.16 Å². The lowest BCUT2D eigenvalue weighted by atomic mass is 10.1. The van der Waals surface area contributed by atoms with Gasteiger partial charge in [0.2, 0.25) is 0 Å². The van der Waals surface area contributed by atoms with Gasteiger partial charge in [-0.15, -0.1) is 0 Å². The summed E-state index contributed by atoms with van der Waals surface area (Å²) in [5.74, 6) is 0.864. The van der Waals surface area contributed by atoms with E-state index in [1.165, 1.54) is 5.56 Å². The molecule has 2 rings (SSSR count). The maximum absolute atomic E-state index is 5.26. The third kappa shape index (κ3) is 1.68. The zero-order valence-electron chi connectivity index (χ0n) is 8.04. The van der Waals surface area contributed by atoms with Crippen LogP contribution in [0.2, 0.25) is 0 Å². The molecule has 0 atom stereocenters. The lowest BCUT2D eigenvalue weighted by Gasteiger charge is -1.97. The van der Waals surface area contributed by atoms with Gasteiger partial charge in [0.25, 0.3) is 0 Å². The summed E-state index contributed by atoms with van der Waals surface area (Å²) in [6.45, 7) is 4.02. The molecule has 72 valence electrons. The van der Waals surface area contributed by atoms with Crippen molar-refractivity contribution >= 4 is 22.6 Å². The molecule has 2 nitrogen and oxygen atoms in total. The molecule has 0 N–H and O–H groups in total. The monoisotopic (exact) mass is 299 g/mol. The Hall–Kier alpha value is -0.840. The molecule has 2 aromatic rings. The van der Waals surface area contributed by atoms with E-state index in [1.54, 1.807) is 0 Å². The maximum Gasteiger partial charge on any atom is 0.180 e. The second-order valence-corrected chi connectivity index (χ2v) is 4.36. The van der Waals surface area contributed by atoms with Gasteiger partial charge in [0.05, 0.1) is 9.26 Å². The summed E-state index contributed by atoms with van der Waals surface area (Å²) in [5.41, 5.74) is 3.28. The molecule has 1 aromatic carbocycles. The predicted octanol–water partition coefficient (Wildman–Crippen LogP) is 3.56. The summed E-state index contributed by atoms with van der Waals surface area (Å²) in [4.78, 5) is 0. The van der Waals surface area contributed by atoms with Crippen LogP contribution in [0.15, 0.2) is 28.8 Å². The first-order valence-electron chi connectivity index (χ1n) is 4.37. The second kappa shape index (κ2) is 3.73. The minimum absolute atomic E-state index is 0.864. The van der Waals surface area contributed by atoms with Gasteiger partial charge in [-0.05, 0) is 36.4 Å². The van der Waals surface area contributed by atoms with E-state index in [0.717, 1.165) is 20.6 Å². The number of hydrogen-bond donors (Lipinski definition) is 0. The molecule has 0 radical (unpaired) electrons. The highest BCUT2D eigenvalue weighted by molar-refractivity contribution is 14.1. The van der Waals surface area contributed by atoms with E-state index in [4.69, 9.17) is 4.52 Å². The first-order chi connectivity index (χ1) is 6.68. The zero-order valence-corrected chi connectivity index (χ0v) is 10.2. The van der Waals surface area contributed by atoms with Crippen LogP contribution in [0.25, 0.3) is 11.3 Å². The van der Waals surface area contributed by atoms with Crippen LogP contribution in [0.5, 0.6) is 0 Å². The summed E-state index contributed by atoms with van der Waals surface area (Å²) in [7, 11) is 0. The van der Waals surface area contributed by atoms with E-state index in [0.29, 0.717) is 0 Å². The minimum Gasteiger partial charge on any atom is -0.355 e. The molecule has 0 saturated heterocycles. The van der Waals surface area contributed by atoms with Crippen molar-refractivity contribution in [2.24, 2.45) is 0 Å². The summed E-state index contributed by atoms with van der Waals surface area (Å²) < 4.78 is 6.35. The Morgan fingerprint density at radius 1 is 1.14 bits per heavy atom. The maximum atomic E-state index is 5.26. The Balaban J connectivity index is 2.49. The SMILES string of the molecule is Cc1ccc(-c2onc(C)c2I)cc1. The molecule has 0 saturated carbocycles. The van der Waals surface area contributed by atoms with E-state index in [9.17, 15) is 0 Å². The number of aromatic nitrogens is 1. The van der Waals surface area contributed by atoms with E-state index in [-0.39, 0.29) is 0 Å². The first-order valence-corrected chi connectivity index (χ1v) is 5.45. The quantitative estimate of drug-likeness (QED) is 0.752. The van der Waals surface area contributed by atoms with Crippen molar-refractivity contribution in [3.05, 3.63) is 39.1 Å². The van der Waals surface area contributed by atoms with Crippen molar-refractivity contribution < 1.29 is 4.52 Å². The Labute approximate surface area is 96.4 Å². The third-order valence-electron chi connectivity index (χ3n) is 2.10. The summed E-state index contributed by atoms with van der Waals surface area (Å²) >= 11 is 2.26. The van der Waals surface area contributed by atoms with Crippen LogP contribution in [-0.4, -0.2) is 5.16 Å². The Kier molecular flexibility index (Phi) is 2.58. The number of hydrogen-bond acceptors (Lipinski definition) is 2. The number of aryl methyl sites for hydroxylation is 2. The number of benzene rings is 1. The molecule has 0 fully saturated rings. The Morgan fingerprint density at radius 3 is 2.29 bits per heavy atom. The fourth-order valence-electron chi connectivity index (χ4n) is 1.24. The van der Waals surface area contributed by atoms with Gasteiger partial charge in [0.15, 0.2) is 5.76 Å². The van der Waals surface area contributed by atoms with Gasteiger partial charge < -0.3 is 4.52 Å². The average Bonchev–Trinajstić information content (AvgIpc) is 2.50. The summed E-state index contributed by atoms with van der Waals surface area (Å²) in [5, 5.41) is 3.93. The lowest BCUT2D eigenvalue weighted by Crippen LogP contribution is -1.79. The minimum atomic E-state index is 0.864. The average molecular weight is 299 g/mol. The van der Waals surface area contributed by atoms with Gasteiger partial charge in [-0.25, -0.2) is 0 Å². The van der Waals surface area contributed by atoms with E-state index >= 15 is 0 Å². The molecular formula is C11H10INO. The molecule has 0 aliphatic carbocycles. The number of rotatable bonds is 1. The Bertz CT molecular complexity index is 445. The van der Waals surface area contributed by atoms with E-state index in [2.05, 4.69) is 58.9 Å². The topological polar surface area (TPSA) is 26.0 Å². The summed E-state index contributed by atoms with van der Waals surface area (Å²) in [6, 6.07) is 8.25. The van der Waals surface area contributed by atoms with Crippen molar-refractivity contribution in [2.75, 3.05) is 0 Å². The van der Waals surface area contributed by atoms with Gasteiger partial charge in [-0.1, -0.05) is 35.0 Å². The smallest absolute Gasteiger partial charge is 0.180 e. The highest BCUT2D eigenvalue weighted by Gasteiger charge is 2.11. The molecule has 0 spiro atoms. The van der Waals surface area contributed by atoms with Crippen LogP contribution in [0.4, 0.5) is 0 Å². The predicted molar refractivity (Wildman–Crippen MR) is 64.1 cm³/mol. The van der Waals surface area contributed by atoms with E-state index in [1.807, 2.05) is 6.92 Å². The summed E-state index contributed by atoms with van der Waals surface area (Å²) in [6.07, 6.45) is 0. The zero-order chi connectivity index (χ0) is 10.1. The molecule has 1 heterocycles. The fraction of sp³-hybridized carbons (Fsp3) is 0.182. The van der Waals surface area contributed by atoms with Crippen LogP contribution >= 0.6 is 22.6 Å². The van der Waals surface area contributed by atoms with Crippen molar-refractivity contribution in [3.63, 3.8) is 0 Å². The van der Waals surface area contributed by atoms with Gasteiger partial charge in [-0.2, -0.15) is 0 Å². The standard InChI is InChI=1S/C11H10INO/c1-7-3-5-9(6-4-7)11-10(12)8(2)13-14-11/h3-6H,1-2H3. The normalized spacial score (nSPS) is 10.5.